The summed E-state index contributed by atoms with van der Waals surface area (Å²) in [7, 11) is 1.63. The summed E-state index contributed by atoms with van der Waals surface area (Å²) in [6.45, 7) is 1.69. The van der Waals surface area contributed by atoms with Crippen molar-refractivity contribution >= 4 is 17.7 Å². The maximum absolute atomic E-state index is 12.8. The zero-order chi connectivity index (χ0) is 18.3. The lowest BCUT2D eigenvalue weighted by molar-refractivity contribution is -0.122. The van der Waals surface area contributed by atoms with Gasteiger partial charge in [0.2, 0.25) is 5.91 Å². The second-order valence-electron chi connectivity index (χ2n) is 7.61. The van der Waals surface area contributed by atoms with Crippen LogP contribution in [0.2, 0.25) is 0 Å². The maximum Gasteiger partial charge on any atom is 0.404 e. The van der Waals surface area contributed by atoms with E-state index in [1.165, 1.54) is 0 Å². The topological polar surface area (TPSA) is 90.9 Å². The number of carbonyl (C=O) groups excluding carboxylic acids is 1. The number of benzene rings is 1. The van der Waals surface area contributed by atoms with Crippen LogP contribution in [0.3, 0.4) is 0 Å². The van der Waals surface area contributed by atoms with Gasteiger partial charge >= 0.3 is 6.09 Å². The summed E-state index contributed by atoms with van der Waals surface area (Å²) >= 11 is 0. The van der Waals surface area contributed by atoms with E-state index in [0.717, 1.165) is 62.2 Å². The molecule has 26 heavy (non-hydrogen) atoms. The molecule has 2 amide bonds. The second kappa shape index (κ2) is 6.46. The summed E-state index contributed by atoms with van der Waals surface area (Å²) in [6, 6.07) is 6.30. The van der Waals surface area contributed by atoms with E-state index in [-0.39, 0.29) is 11.9 Å². The van der Waals surface area contributed by atoms with Gasteiger partial charge in [-0.2, -0.15) is 0 Å². The van der Waals surface area contributed by atoms with Crippen molar-refractivity contribution in [3.63, 3.8) is 0 Å². The van der Waals surface area contributed by atoms with Crippen LogP contribution in [0.15, 0.2) is 18.2 Å². The number of rotatable bonds is 3. The molecule has 140 valence electrons. The Morgan fingerprint density at radius 1 is 1.35 bits per heavy atom. The Balaban J connectivity index is 1.44. The van der Waals surface area contributed by atoms with Crippen LogP contribution >= 0.6 is 0 Å². The molecule has 3 aliphatic rings. The Kier molecular flexibility index (Phi) is 4.26. The number of amides is 2. The number of methoxy groups -OCH3 is 1. The number of nitrogens with zero attached hydrogens (tertiary/aromatic N) is 1. The van der Waals surface area contributed by atoms with Crippen molar-refractivity contribution in [1.82, 2.24) is 10.2 Å². The van der Waals surface area contributed by atoms with Gasteiger partial charge in [0.15, 0.2) is 0 Å². The number of carbonyl (C=O) groups is 2. The fourth-order valence-electron chi connectivity index (χ4n) is 4.90. The predicted octanol–water partition coefficient (Wildman–Crippen LogP) is 2.17. The minimum atomic E-state index is -0.950. The molecule has 2 heterocycles. The van der Waals surface area contributed by atoms with Crippen LogP contribution < -0.4 is 15.4 Å². The fraction of sp³-hybridized carbons (Fsp3) is 0.579. The zero-order valence-corrected chi connectivity index (χ0v) is 15.0. The molecule has 1 aliphatic carbocycles. The van der Waals surface area contributed by atoms with E-state index in [2.05, 4.69) is 15.5 Å². The quantitative estimate of drug-likeness (QED) is 0.769. The number of nitrogens with one attached hydrogen (secondary N) is 2. The van der Waals surface area contributed by atoms with Crippen molar-refractivity contribution in [2.45, 2.75) is 49.6 Å². The lowest BCUT2D eigenvalue weighted by Gasteiger charge is -2.39. The maximum atomic E-state index is 12.8. The van der Waals surface area contributed by atoms with Crippen LogP contribution in [0.5, 0.6) is 5.75 Å². The molecule has 7 nitrogen and oxygen atoms in total. The van der Waals surface area contributed by atoms with E-state index in [9.17, 15) is 9.59 Å². The predicted molar refractivity (Wildman–Crippen MR) is 96.7 cm³/mol. The van der Waals surface area contributed by atoms with Crippen molar-refractivity contribution < 1.29 is 19.4 Å². The van der Waals surface area contributed by atoms with E-state index in [1.807, 2.05) is 18.2 Å². The highest BCUT2D eigenvalue weighted by molar-refractivity contribution is 6.06. The molecule has 1 atom stereocenters. The summed E-state index contributed by atoms with van der Waals surface area (Å²) < 4.78 is 5.27. The van der Waals surface area contributed by atoms with Crippen molar-refractivity contribution in [2.24, 2.45) is 0 Å². The number of hydrogen-bond acceptors (Lipinski definition) is 4. The van der Waals surface area contributed by atoms with Gasteiger partial charge in [0, 0.05) is 36.9 Å². The molecule has 1 saturated carbocycles. The molecule has 7 heteroatoms. The normalized spacial score (nSPS) is 30.9. The molecular weight excluding hydrogens is 334 g/mol. The second-order valence-corrected chi connectivity index (χ2v) is 7.61. The Hall–Kier alpha value is -2.28. The Bertz CT molecular complexity index is 727. The average molecular weight is 359 g/mol. The van der Waals surface area contributed by atoms with E-state index in [4.69, 9.17) is 9.84 Å². The summed E-state index contributed by atoms with van der Waals surface area (Å²) in [4.78, 5) is 26.0. The molecule has 0 radical (unpaired) electrons. The van der Waals surface area contributed by atoms with Crippen LogP contribution in [0, 0.1) is 0 Å². The van der Waals surface area contributed by atoms with E-state index >= 15 is 0 Å². The van der Waals surface area contributed by atoms with Gasteiger partial charge in [0.25, 0.3) is 0 Å². The zero-order valence-electron chi connectivity index (χ0n) is 15.0. The largest absolute Gasteiger partial charge is 0.497 e. The highest BCUT2D eigenvalue weighted by Gasteiger charge is 2.49. The highest BCUT2D eigenvalue weighted by Crippen LogP contribution is 2.49. The molecule has 3 N–H and O–H groups in total. The first-order valence-electron chi connectivity index (χ1n) is 9.25. The van der Waals surface area contributed by atoms with Gasteiger partial charge in [-0.25, -0.2) is 4.79 Å². The van der Waals surface area contributed by atoms with Gasteiger partial charge in [0.1, 0.15) is 5.75 Å². The lowest BCUT2D eigenvalue weighted by atomic mass is 9.68. The molecule has 2 aliphatic heterocycles. The Morgan fingerprint density at radius 2 is 2.12 bits per heavy atom. The minimum Gasteiger partial charge on any atom is -0.497 e. The van der Waals surface area contributed by atoms with Crippen LogP contribution in [-0.4, -0.2) is 54.3 Å². The molecule has 1 spiro atoms. The third kappa shape index (κ3) is 2.80. The number of ether oxygens (including phenoxy) is 1. The standard InChI is InChI=1S/C19H25N3O4/c1-26-14-2-3-15-16(10-14)21-17(23)19(15)7-4-13(5-8-19)22-9-6-12(11-22)20-18(24)25/h2-3,10,12-13,20H,4-9,11H2,1H3,(H,21,23)(H,24,25)/t12-,13?,19?/m0/s1. The monoisotopic (exact) mass is 359 g/mol. The SMILES string of the molecule is COc1ccc2c(c1)NC(=O)C21CCC(N2CC[C@H](NC(=O)O)C2)CC1. The third-order valence-corrected chi connectivity index (χ3v) is 6.30. The number of likely N-dealkylation sites (tertiary alicyclic amines) is 1. The smallest absolute Gasteiger partial charge is 0.404 e. The first kappa shape index (κ1) is 17.1. The van der Waals surface area contributed by atoms with Crippen molar-refractivity contribution in [1.29, 1.82) is 0 Å². The highest BCUT2D eigenvalue weighted by atomic mass is 16.5. The molecule has 0 unspecified atom stereocenters. The molecular formula is C19H25N3O4. The summed E-state index contributed by atoms with van der Waals surface area (Å²) in [5, 5.41) is 14.5. The van der Waals surface area contributed by atoms with Crippen molar-refractivity contribution in [2.75, 3.05) is 25.5 Å². The van der Waals surface area contributed by atoms with Gasteiger partial charge < -0.3 is 20.5 Å². The lowest BCUT2D eigenvalue weighted by Crippen LogP contribution is -2.45. The van der Waals surface area contributed by atoms with Crippen LogP contribution in [0.1, 0.15) is 37.7 Å². The molecule has 0 aromatic heterocycles. The molecule has 0 bridgehead atoms. The third-order valence-electron chi connectivity index (χ3n) is 6.30. The molecule has 4 rings (SSSR count). The minimum absolute atomic E-state index is 0.0198. The van der Waals surface area contributed by atoms with E-state index < -0.39 is 11.5 Å². The number of fused-ring (bicyclic) bond motifs is 2. The number of anilines is 1. The van der Waals surface area contributed by atoms with Crippen LogP contribution in [0.4, 0.5) is 10.5 Å². The first-order chi connectivity index (χ1) is 12.5. The summed E-state index contributed by atoms with van der Waals surface area (Å²) in [5.74, 6) is 0.856. The van der Waals surface area contributed by atoms with Crippen LogP contribution in [0.25, 0.3) is 0 Å². The fourth-order valence-corrected chi connectivity index (χ4v) is 4.90. The van der Waals surface area contributed by atoms with E-state index in [0.29, 0.717) is 6.04 Å². The first-order valence-corrected chi connectivity index (χ1v) is 9.25. The summed E-state index contributed by atoms with van der Waals surface area (Å²) in [6.07, 6.45) is 3.48. The van der Waals surface area contributed by atoms with Gasteiger partial charge in [-0.1, -0.05) is 6.07 Å². The van der Waals surface area contributed by atoms with Crippen LogP contribution in [-0.2, 0) is 10.2 Å². The molecule has 2 fully saturated rings. The van der Waals surface area contributed by atoms with Gasteiger partial charge in [-0.15, -0.1) is 0 Å². The van der Waals surface area contributed by atoms with Crippen molar-refractivity contribution in [3.8, 4) is 5.75 Å². The van der Waals surface area contributed by atoms with Gasteiger partial charge in [-0.3, -0.25) is 9.69 Å². The molecule has 1 aromatic rings. The molecule has 1 saturated heterocycles. The molecule has 1 aromatic carbocycles. The Labute approximate surface area is 152 Å². The summed E-state index contributed by atoms with van der Waals surface area (Å²) in [5.41, 5.74) is 1.55. The average Bonchev–Trinajstić information content (AvgIpc) is 3.18. The van der Waals surface area contributed by atoms with Crippen molar-refractivity contribution in [3.05, 3.63) is 23.8 Å². The number of carboxylic acid groups (broad SMARTS) is 1. The number of hydrogen-bond donors (Lipinski definition) is 3. The van der Waals surface area contributed by atoms with E-state index in [1.54, 1.807) is 7.11 Å². The van der Waals surface area contributed by atoms with Gasteiger partial charge in [-0.05, 0) is 43.7 Å². The Morgan fingerprint density at radius 3 is 2.81 bits per heavy atom. The van der Waals surface area contributed by atoms with Gasteiger partial charge in [0.05, 0.1) is 12.5 Å².